The summed E-state index contributed by atoms with van der Waals surface area (Å²) in [6.07, 6.45) is 13.9. The van der Waals surface area contributed by atoms with Gasteiger partial charge in [0.25, 0.3) is 0 Å². The zero-order chi connectivity index (χ0) is 16.4. The lowest BCUT2D eigenvalue weighted by Gasteiger charge is -2.39. The molecule has 0 aliphatic heterocycles. The van der Waals surface area contributed by atoms with Crippen LogP contribution < -0.4 is 5.73 Å². The molecule has 0 fully saturated rings. The SMILES string of the molecule is CCCCCCCCCCCCN.CC[N+]([O-])(CC)CC. The molecule has 21 heavy (non-hydrogen) atoms. The predicted octanol–water partition coefficient (Wildman–Crippen LogP) is 5.23. The van der Waals surface area contributed by atoms with Crippen LogP contribution in [0.5, 0.6) is 0 Å². The van der Waals surface area contributed by atoms with E-state index in [2.05, 4.69) is 6.92 Å². The van der Waals surface area contributed by atoms with E-state index in [-0.39, 0.29) is 4.65 Å². The van der Waals surface area contributed by atoms with Crippen LogP contribution in [0.4, 0.5) is 0 Å². The molecule has 0 aliphatic rings. The van der Waals surface area contributed by atoms with E-state index in [1.54, 1.807) is 0 Å². The second-order valence-electron chi connectivity index (χ2n) is 5.98. The van der Waals surface area contributed by atoms with Crippen molar-refractivity contribution in [1.29, 1.82) is 0 Å². The van der Waals surface area contributed by atoms with Crippen LogP contribution in [0.1, 0.15) is 91.9 Å². The van der Waals surface area contributed by atoms with Crippen molar-refractivity contribution in [3.8, 4) is 0 Å². The van der Waals surface area contributed by atoms with Crippen molar-refractivity contribution in [3.05, 3.63) is 5.21 Å². The summed E-state index contributed by atoms with van der Waals surface area (Å²) in [5.74, 6) is 0. The van der Waals surface area contributed by atoms with Crippen LogP contribution in [0.25, 0.3) is 0 Å². The van der Waals surface area contributed by atoms with E-state index < -0.39 is 0 Å². The highest BCUT2D eigenvalue weighted by Gasteiger charge is 2.04. The molecule has 0 amide bonds. The first-order chi connectivity index (χ1) is 10.1. The summed E-state index contributed by atoms with van der Waals surface area (Å²) in [5, 5.41) is 11.1. The summed E-state index contributed by atoms with van der Waals surface area (Å²) in [5.41, 5.74) is 5.42. The van der Waals surface area contributed by atoms with Gasteiger partial charge in [-0.2, -0.15) is 0 Å². The monoisotopic (exact) mass is 302 g/mol. The van der Waals surface area contributed by atoms with Gasteiger partial charge in [0.1, 0.15) is 0 Å². The maximum atomic E-state index is 11.1. The van der Waals surface area contributed by atoms with Gasteiger partial charge < -0.3 is 15.6 Å². The lowest BCUT2D eigenvalue weighted by Crippen LogP contribution is -2.41. The molecular weight excluding hydrogens is 260 g/mol. The fourth-order valence-corrected chi connectivity index (χ4v) is 2.30. The third-order valence-corrected chi connectivity index (χ3v) is 4.29. The Kier molecular flexibility index (Phi) is 19.8. The van der Waals surface area contributed by atoms with Gasteiger partial charge >= 0.3 is 0 Å². The van der Waals surface area contributed by atoms with E-state index in [9.17, 15) is 5.21 Å². The Hall–Kier alpha value is -0.120. The first kappa shape index (κ1) is 23.2. The molecule has 0 saturated heterocycles. The number of hydrogen-bond acceptors (Lipinski definition) is 2. The zero-order valence-electron chi connectivity index (χ0n) is 15.3. The van der Waals surface area contributed by atoms with Crippen LogP contribution in [-0.4, -0.2) is 30.8 Å². The molecule has 0 aromatic carbocycles. The Morgan fingerprint density at radius 1 is 0.619 bits per heavy atom. The molecule has 0 aliphatic carbocycles. The summed E-state index contributed by atoms with van der Waals surface area (Å²) in [6.45, 7) is 11.0. The lowest BCUT2D eigenvalue weighted by atomic mass is 10.1. The molecular formula is C18H42N2O. The van der Waals surface area contributed by atoms with Crippen LogP contribution in [0.3, 0.4) is 0 Å². The van der Waals surface area contributed by atoms with Crippen LogP contribution in [0, 0.1) is 5.21 Å². The van der Waals surface area contributed by atoms with E-state index in [0.29, 0.717) is 19.6 Å². The molecule has 0 aromatic rings. The van der Waals surface area contributed by atoms with Crippen molar-refractivity contribution in [2.24, 2.45) is 5.73 Å². The minimum absolute atomic E-state index is 0.0417. The van der Waals surface area contributed by atoms with Gasteiger partial charge in [0, 0.05) is 0 Å². The Labute approximate surface area is 134 Å². The van der Waals surface area contributed by atoms with Gasteiger partial charge in [0.05, 0.1) is 19.6 Å². The first-order valence-corrected chi connectivity index (χ1v) is 9.37. The van der Waals surface area contributed by atoms with Gasteiger partial charge in [-0.15, -0.1) is 0 Å². The fraction of sp³-hybridized carbons (Fsp3) is 1.00. The van der Waals surface area contributed by atoms with E-state index >= 15 is 0 Å². The van der Waals surface area contributed by atoms with Gasteiger partial charge in [-0.25, -0.2) is 0 Å². The molecule has 0 spiro atoms. The molecule has 0 unspecified atom stereocenters. The van der Waals surface area contributed by atoms with E-state index in [1.165, 1.54) is 64.2 Å². The zero-order valence-corrected chi connectivity index (χ0v) is 15.3. The average molecular weight is 303 g/mol. The molecule has 0 heterocycles. The summed E-state index contributed by atoms with van der Waals surface area (Å²) in [7, 11) is 0. The molecule has 0 aromatic heterocycles. The number of rotatable bonds is 13. The number of quaternary nitrogens is 1. The van der Waals surface area contributed by atoms with Crippen molar-refractivity contribution in [1.82, 2.24) is 0 Å². The Morgan fingerprint density at radius 2 is 0.952 bits per heavy atom. The highest BCUT2D eigenvalue weighted by Crippen LogP contribution is 2.09. The predicted molar refractivity (Wildman–Crippen MR) is 96.1 cm³/mol. The topological polar surface area (TPSA) is 49.1 Å². The number of nitrogens with zero attached hydrogens (tertiary/aromatic N) is 1. The van der Waals surface area contributed by atoms with Crippen LogP contribution in [0.2, 0.25) is 0 Å². The molecule has 0 radical (unpaired) electrons. The maximum absolute atomic E-state index is 11.1. The Morgan fingerprint density at radius 3 is 1.19 bits per heavy atom. The van der Waals surface area contributed by atoms with Crippen LogP contribution >= 0.6 is 0 Å². The quantitative estimate of drug-likeness (QED) is 0.288. The van der Waals surface area contributed by atoms with Gasteiger partial charge in [0.15, 0.2) is 0 Å². The van der Waals surface area contributed by atoms with Crippen molar-refractivity contribution >= 4 is 0 Å². The third kappa shape index (κ3) is 17.8. The molecule has 2 N–H and O–H groups in total. The Bertz CT molecular complexity index is 164. The number of hydroxylamine groups is 3. The van der Waals surface area contributed by atoms with Gasteiger partial charge in [-0.05, 0) is 33.7 Å². The van der Waals surface area contributed by atoms with E-state index in [4.69, 9.17) is 5.73 Å². The molecule has 3 nitrogen and oxygen atoms in total. The summed E-state index contributed by atoms with van der Waals surface area (Å²) in [6, 6.07) is 0. The van der Waals surface area contributed by atoms with Crippen molar-refractivity contribution in [2.45, 2.75) is 91.9 Å². The molecule has 0 saturated carbocycles. The molecule has 3 heteroatoms. The highest BCUT2D eigenvalue weighted by atomic mass is 16.5. The maximum Gasteiger partial charge on any atom is 0.0755 e. The van der Waals surface area contributed by atoms with E-state index in [1.807, 2.05) is 20.8 Å². The third-order valence-electron chi connectivity index (χ3n) is 4.29. The largest absolute Gasteiger partial charge is 0.633 e. The lowest BCUT2D eigenvalue weighted by molar-refractivity contribution is -0.875. The molecule has 0 bridgehead atoms. The smallest absolute Gasteiger partial charge is 0.0755 e. The number of nitrogens with two attached hydrogens (primary N) is 1. The average Bonchev–Trinajstić information content (AvgIpc) is 2.53. The Balaban J connectivity index is 0. The highest BCUT2D eigenvalue weighted by molar-refractivity contribution is 4.47. The van der Waals surface area contributed by atoms with Gasteiger partial charge in [-0.1, -0.05) is 64.7 Å². The summed E-state index contributed by atoms with van der Waals surface area (Å²) < 4.78 is -0.0417. The number of hydrogen-bond donors (Lipinski definition) is 1. The summed E-state index contributed by atoms with van der Waals surface area (Å²) in [4.78, 5) is 0. The fourth-order valence-electron chi connectivity index (χ4n) is 2.30. The minimum atomic E-state index is -0.0417. The molecule has 130 valence electrons. The van der Waals surface area contributed by atoms with Crippen LogP contribution in [-0.2, 0) is 0 Å². The molecule has 0 atom stereocenters. The summed E-state index contributed by atoms with van der Waals surface area (Å²) >= 11 is 0. The second-order valence-corrected chi connectivity index (χ2v) is 5.98. The first-order valence-electron chi connectivity index (χ1n) is 9.37. The van der Waals surface area contributed by atoms with Crippen molar-refractivity contribution in [3.63, 3.8) is 0 Å². The molecule has 0 rings (SSSR count). The van der Waals surface area contributed by atoms with Crippen molar-refractivity contribution < 1.29 is 4.65 Å². The van der Waals surface area contributed by atoms with Crippen molar-refractivity contribution in [2.75, 3.05) is 26.2 Å². The normalized spacial score (nSPS) is 11.1. The van der Waals surface area contributed by atoms with Gasteiger partial charge in [-0.3, -0.25) is 0 Å². The standard InChI is InChI=1S/C12H27N.C6H15NO/c1-2-3-4-5-6-7-8-9-10-11-12-13;1-4-7(8,5-2)6-3/h2-13H2,1H3;4-6H2,1-3H3. The van der Waals surface area contributed by atoms with Gasteiger partial charge in [0.2, 0.25) is 0 Å². The van der Waals surface area contributed by atoms with E-state index in [0.717, 1.165) is 6.54 Å². The minimum Gasteiger partial charge on any atom is -0.633 e. The second kappa shape index (κ2) is 17.9. The van der Waals surface area contributed by atoms with Crippen LogP contribution in [0.15, 0.2) is 0 Å². The number of unbranched alkanes of at least 4 members (excludes halogenated alkanes) is 9.